The van der Waals surface area contributed by atoms with Gasteiger partial charge < -0.3 is 19.2 Å². The van der Waals surface area contributed by atoms with Gasteiger partial charge in [0.15, 0.2) is 11.5 Å². The summed E-state index contributed by atoms with van der Waals surface area (Å²) in [4.78, 5) is 23.8. The van der Waals surface area contributed by atoms with E-state index in [2.05, 4.69) is 5.32 Å². The van der Waals surface area contributed by atoms with Crippen molar-refractivity contribution in [2.24, 2.45) is 0 Å². The highest BCUT2D eigenvalue weighted by molar-refractivity contribution is 6.05. The highest BCUT2D eigenvalue weighted by atomic mass is 19.4. The molecule has 0 aliphatic carbocycles. The number of carbonyl (C=O) groups excluding carboxylic acids is 1. The lowest BCUT2D eigenvalue weighted by Gasteiger charge is -2.11. The van der Waals surface area contributed by atoms with Crippen LogP contribution in [0.2, 0.25) is 0 Å². The molecule has 2 heterocycles. The van der Waals surface area contributed by atoms with Gasteiger partial charge in [-0.3, -0.25) is 4.79 Å². The zero-order chi connectivity index (χ0) is 19.2. The Labute approximate surface area is 149 Å². The highest BCUT2D eigenvalue weighted by Gasteiger charge is 2.33. The highest BCUT2D eigenvalue weighted by Crippen LogP contribution is 2.35. The maximum atomic E-state index is 13.1. The monoisotopic (exact) mass is 377 g/mol. The molecule has 6 nitrogen and oxygen atoms in total. The van der Waals surface area contributed by atoms with Gasteiger partial charge in [0.2, 0.25) is 6.79 Å². The Morgan fingerprint density at radius 1 is 1.00 bits per heavy atom. The topological polar surface area (TPSA) is 77.8 Å². The SMILES string of the molecule is O=C(Nc1ccc2c(C(F)(F)F)cc(=O)oc2c1)c1ccc2c(c1)OCO2. The van der Waals surface area contributed by atoms with Crippen LogP contribution in [0.4, 0.5) is 18.9 Å². The minimum Gasteiger partial charge on any atom is -0.454 e. The molecule has 0 spiro atoms. The molecule has 0 saturated carbocycles. The van der Waals surface area contributed by atoms with E-state index < -0.39 is 23.3 Å². The van der Waals surface area contributed by atoms with Gasteiger partial charge in [-0.25, -0.2) is 4.79 Å². The van der Waals surface area contributed by atoms with Crippen LogP contribution in [0.1, 0.15) is 15.9 Å². The Balaban J connectivity index is 1.66. The first kappa shape index (κ1) is 17.0. The summed E-state index contributed by atoms with van der Waals surface area (Å²) in [5.41, 5.74) is -2.06. The molecule has 0 bridgehead atoms. The average molecular weight is 377 g/mol. The molecule has 3 aromatic rings. The second-order valence-corrected chi connectivity index (χ2v) is 5.71. The molecule has 1 aliphatic heterocycles. The van der Waals surface area contributed by atoms with Gasteiger partial charge in [-0.15, -0.1) is 0 Å². The van der Waals surface area contributed by atoms with Crippen LogP contribution in [0.3, 0.4) is 0 Å². The molecule has 0 radical (unpaired) electrons. The van der Waals surface area contributed by atoms with Crippen molar-refractivity contribution in [3.05, 3.63) is 64.0 Å². The number of benzene rings is 2. The molecule has 138 valence electrons. The molecule has 1 amide bonds. The molecule has 27 heavy (non-hydrogen) atoms. The van der Waals surface area contributed by atoms with Crippen LogP contribution in [-0.4, -0.2) is 12.7 Å². The largest absolute Gasteiger partial charge is 0.454 e. The predicted octanol–water partition coefficient (Wildman–Crippen LogP) is 3.79. The lowest BCUT2D eigenvalue weighted by Crippen LogP contribution is -2.13. The van der Waals surface area contributed by atoms with Crippen molar-refractivity contribution in [1.82, 2.24) is 0 Å². The Morgan fingerprint density at radius 2 is 1.78 bits per heavy atom. The number of halogens is 3. The molecule has 0 fully saturated rings. The quantitative estimate of drug-likeness (QED) is 0.688. The molecule has 1 N–H and O–H groups in total. The molecule has 0 saturated heterocycles. The third kappa shape index (κ3) is 3.19. The number of hydrogen-bond donors (Lipinski definition) is 1. The van der Waals surface area contributed by atoms with E-state index in [4.69, 9.17) is 13.9 Å². The fourth-order valence-electron chi connectivity index (χ4n) is 2.72. The standard InChI is InChI=1S/C18H10F3NO5/c19-18(20,21)12-7-16(23)27-14-6-10(2-3-11(12)14)22-17(24)9-1-4-13-15(5-9)26-8-25-13/h1-7H,8H2,(H,22,24). The molecule has 0 atom stereocenters. The van der Waals surface area contributed by atoms with E-state index in [9.17, 15) is 22.8 Å². The van der Waals surface area contributed by atoms with Crippen molar-refractivity contribution < 1.29 is 31.9 Å². The first-order valence-electron chi connectivity index (χ1n) is 7.67. The predicted molar refractivity (Wildman–Crippen MR) is 88.0 cm³/mol. The maximum absolute atomic E-state index is 13.1. The number of rotatable bonds is 2. The number of ether oxygens (including phenoxy) is 2. The van der Waals surface area contributed by atoms with Gasteiger partial charge in [0.05, 0.1) is 5.56 Å². The first-order valence-corrected chi connectivity index (χ1v) is 7.67. The molecule has 9 heteroatoms. The van der Waals surface area contributed by atoms with Crippen LogP contribution in [-0.2, 0) is 6.18 Å². The number of hydrogen-bond acceptors (Lipinski definition) is 5. The first-order chi connectivity index (χ1) is 12.8. The number of nitrogens with one attached hydrogen (secondary N) is 1. The summed E-state index contributed by atoms with van der Waals surface area (Å²) in [6.07, 6.45) is -4.70. The summed E-state index contributed by atoms with van der Waals surface area (Å²) in [6.45, 7) is 0.0612. The summed E-state index contributed by atoms with van der Waals surface area (Å²) in [7, 11) is 0. The van der Waals surface area contributed by atoms with E-state index in [-0.39, 0.29) is 29.0 Å². The van der Waals surface area contributed by atoms with Crippen molar-refractivity contribution in [3.63, 3.8) is 0 Å². The van der Waals surface area contributed by atoms with Crippen LogP contribution >= 0.6 is 0 Å². The molecule has 4 rings (SSSR count). The average Bonchev–Trinajstić information content (AvgIpc) is 3.07. The fraction of sp³-hybridized carbons (Fsp3) is 0.111. The van der Waals surface area contributed by atoms with E-state index in [1.807, 2.05) is 0 Å². The number of anilines is 1. The summed E-state index contributed by atoms with van der Waals surface area (Å²) in [5, 5.41) is 2.27. The molecule has 1 aliphatic rings. The van der Waals surface area contributed by atoms with Crippen molar-refractivity contribution >= 4 is 22.6 Å². The molecular formula is C18H10F3NO5. The molecule has 2 aromatic carbocycles. The van der Waals surface area contributed by atoms with Crippen molar-refractivity contribution in [2.45, 2.75) is 6.18 Å². The van der Waals surface area contributed by atoms with Crippen molar-refractivity contribution in [2.75, 3.05) is 12.1 Å². The number of fused-ring (bicyclic) bond motifs is 2. The van der Waals surface area contributed by atoms with E-state index in [1.54, 1.807) is 6.07 Å². The van der Waals surface area contributed by atoms with Crippen LogP contribution in [0.5, 0.6) is 11.5 Å². The third-order valence-electron chi connectivity index (χ3n) is 3.94. The van der Waals surface area contributed by atoms with Crippen LogP contribution < -0.4 is 20.4 Å². The zero-order valence-electron chi connectivity index (χ0n) is 13.4. The van der Waals surface area contributed by atoms with Gasteiger partial charge in [0, 0.05) is 28.8 Å². The van der Waals surface area contributed by atoms with Crippen LogP contribution in [0.15, 0.2) is 51.7 Å². The van der Waals surface area contributed by atoms with Crippen molar-refractivity contribution in [1.29, 1.82) is 0 Å². The lowest BCUT2D eigenvalue weighted by atomic mass is 10.1. The Bertz CT molecular complexity index is 1120. The van der Waals surface area contributed by atoms with Crippen LogP contribution in [0, 0.1) is 0 Å². The normalized spacial score (nSPS) is 13.0. The number of amides is 1. The van der Waals surface area contributed by atoms with E-state index in [0.717, 1.165) is 12.1 Å². The molecule has 1 aromatic heterocycles. The van der Waals surface area contributed by atoms with Gasteiger partial charge in [-0.1, -0.05) is 0 Å². The summed E-state index contributed by atoms with van der Waals surface area (Å²) < 4.78 is 54.4. The van der Waals surface area contributed by atoms with E-state index in [1.165, 1.54) is 18.2 Å². The second kappa shape index (κ2) is 6.04. The minimum atomic E-state index is -4.70. The smallest absolute Gasteiger partial charge is 0.417 e. The van der Waals surface area contributed by atoms with Gasteiger partial charge in [-0.05, 0) is 30.3 Å². The minimum absolute atomic E-state index is 0.0612. The lowest BCUT2D eigenvalue weighted by molar-refractivity contribution is -0.136. The summed E-state index contributed by atoms with van der Waals surface area (Å²) >= 11 is 0. The Kier molecular flexibility index (Phi) is 3.79. The maximum Gasteiger partial charge on any atom is 0.417 e. The zero-order valence-corrected chi connectivity index (χ0v) is 13.4. The number of alkyl halides is 3. The Morgan fingerprint density at radius 3 is 2.56 bits per heavy atom. The van der Waals surface area contributed by atoms with Gasteiger partial charge in [-0.2, -0.15) is 13.2 Å². The second-order valence-electron chi connectivity index (χ2n) is 5.71. The Hall–Kier alpha value is -3.49. The van der Waals surface area contributed by atoms with E-state index in [0.29, 0.717) is 17.6 Å². The molecule has 0 unspecified atom stereocenters. The third-order valence-corrected chi connectivity index (χ3v) is 3.94. The van der Waals surface area contributed by atoms with E-state index >= 15 is 0 Å². The van der Waals surface area contributed by atoms with Gasteiger partial charge in [0.25, 0.3) is 5.91 Å². The van der Waals surface area contributed by atoms with Crippen molar-refractivity contribution in [3.8, 4) is 11.5 Å². The summed E-state index contributed by atoms with van der Waals surface area (Å²) in [6, 6.07) is 8.57. The van der Waals surface area contributed by atoms with Gasteiger partial charge >= 0.3 is 11.8 Å². The summed E-state index contributed by atoms with van der Waals surface area (Å²) in [5.74, 6) is 0.419. The fourth-order valence-corrected chi connectivity index (χ4v) is 2.72. The number of carbonyl (C=O) groups is 1. The van der Waals surface area contributed by atoms with Crippen LogP contribution in [0.25, 0.3) is 11.0 Å². The van der Waals surface area contributed by atoms with Gasteiger partial charge in [0.1, 0.15) is 5.58 Å². The molecular weight excluding hydrogens is 367 g/mol.